The monoisotopic (exact) mass is 777 g/mol. The minimum Gasteiger partial charge on any atom is -0.488 e. The Bertz CT molecular complexity index is 2260. The molecule has 3 aromatic carbocycles. The van der Waals surface area contributed by atoms with Gasteiger partial charge in [0.1, 0.15) is 30.0 Å². The second kappa shape index (κ2) is 17.6. The van der Waals surface area contributed by atoms with Crippen molar-refractivity contribution in [2.45, 2.75) is 85.7 Å². The van der Waals surface area contributed by atoms with Crippen molar-refractivity contribution in [2.75, 3.05) is 27.4 Å². The van der Waals surface area contributed by atoms with Gasteiger partial charge < -0.3 is 39.3 Å². The van der Waals surface area contributed by atoms with Crippen molar-refractivity contribution in [3.8, 4) is 28.1 Å². The van der Waals surface area contributed by atoms with Crippen LogP contribution in [0.5, 0.6) is 5.75 Å². The Morgan fingerprint density at radius 3 is 2.49 bits per heavy atom. The van der Waals surface area contributed by atoms with E-state index in [9.17, 15) is 14.4 Å². The lowest BCUT2D eigenvalue weighted by atomic mass is 9.92. The minimum absolute atomic E-state index is 0.0287. The van der Waals surface area contributed by atoms with Crippen molar-refractivity contribution in [3.05, 3.63) is 78.5 Å². The van der Waals surface area contributed by atoms with Gasteiger partial charge >= 0.3 is 6.09 Å². The molecule has 57 heavy (non-hydrogen) atoms. The Labute approximate surface area is 334 Å². The maximum Gasteiger partial charge on any atom is 0.407 e. The van der Waals surface area contributed by atoms with Crippen LogP contribution in [0.15, 0.2) is 61.3 Å². The number of aromatic amines is 2. The molecule has 5 aromatic rings. The number of amides is 3. The molecule has 13 nitrogen and oxygen atoms in total. The number of benzene rings is 3. The third kappa shape index (κ3) is 8.53. The van der Waals surface area contributed by atoms with E-state index in [0.717, 1.165) is 74.2 Å². The summed E-state index contributed by atoms with van der Waals surface area (Å²) < 4.78 is 16.4. The van der Waals surface area contributed by atoms with Crippen LogP contribution in [-0.2, 0) is 32.2 Å². The quantitative estimate of drug-likeness (QED) is 0.0854. The van der Waals surface area contributed by atoms with E-state index in [-0.39, 0.29) is 42.3 Å². The molecule has 1 aliphatic rings. The van der Waals surface area contributed by atoms with Crippen molar-refractivity contribution < 1.29 is 28.6 Å². The largest absolute Gasteiger partial charge is 0.488 e. The van der Waals surface area contributed by atoms with E-state index < -0.39 is 12.1 Å². The van der Waals surface area contributed by atoms with Crippen LogP contribution in [0.25, 0.3) is 44.2 Å². The van der Waals surface area contributed by atoms with Crippen molar-refractivity contribution in [2.24, 2.45) is 11.8 Å². The van der Waals surface area contributed by atoms with E-state index in [1.54, 1.807) is 18.2 Å². The van der Waals surface area contributed by atoms with E-state index in [4.69, 9.17) is 19.2 Å². The molecule has 5 atom stereocenters. The zero-order valence-corrected chi connectivity index (χ0v) is 34.3. The second-order valence-corrected chi connectivity index (χ2v) is 15.2. The molecular formula is C44H55N7O6. The average Bonchev–Trinajstić information content (AvgIpc) is 3.89. The van der Waals surface area contributed by atoms with Gasteiger partial charge in [-0.1, -0.05) is 52.0 Å². The highest BCUT2D eigenvalue weighted by atomic mass is 16.5. The third-order valence-corrected chi connectivity index (χ3v) is 11.1. The van der Waals surface area contributed by atoms with Gasteiger partial charge in [0.2, 0.25) is 11.8 Å². The molecule has 0 aliphatic carbocycles. The van der Waals surface area contributed by atoms with Crippen molar-refractivity contribution in [1.29, 1.82) is 0 Å². The number of methoxy groups -OCH3 is 2. The topological polar surface area (TPSA) is 155 Å². The predicted molar refractivity (Wildman–Crippen MR) is 221 cm³/mol. The number of alkyl carbamates (subject to hydrolysis) is 1. The number of rotatable bonds is 16. The maximum absolute atomic E-state index is 13.6. The van der Waals surface area contributed by atoms with Gasteiger partial charge in [0.15, 0.2) is 0 Å². The first-order valence-corrected chi connectivity index (χ1v) is 19.7. The average molecular weight is 778 g/mol. The lowest BCUT2D eigenvalue weighted by molar-refractivity contribution is -0.140. The summed E-state index contributed by atoms with van der Waals surface area (Å²) in [5, 5.41) is 4.60. The van der Waals surface area contributed by atoms with Gasteiger partial charge in [-0.2, -0.15) is 0 Å². The number of fused-ring (bicyclic) bond motifs is 6. The maximum atomic E-state index is 13.6. The molecule has 0 spiro atoms. The highest BCUT2D eigenvalue weighted by Crippen LogP contribution is 2.43. The third-order valence-electron chi connectivity index (χ3n) is 11.1. The molecular weight excluding hydrogens is 723 g/mol. The van der Waals surface area contributed by atoms with Gasteiger partial charge in [-0.15, -0.1) is 6.58 Å². The van der Waals surface area contributed by atoms with Crippen LogP contribution in [0.4, 0.5) is 4.79 Å². The number of imidazole rings is 2. The summed E-state index contributed by atoms with van der Waals surface area (Å²) >= 11 is 0. The number of carbonyl (C=O) groups is 3. The van der Waals surface area contributed by atoms with E-state index in [1.165, 1.54) is 13.2 Å². The first kappa shape index (κ1) is 41.0. The summed E-state index contributed by atoms with van der Waals surface area (Å²) in [5.74, 6) is 1.94. The molecule has 3 N–H and O–H groups in total. The summed E-state index contributed by atoms with van der Waals surface area (Å²) in [7, 11) is 2.86. The summed E-state index contributed by atoms with van der Waals surface area (Å²) in [4.78, 5) is 59.2. The van der Waals surface area contributed by atoms with Crippen molar-refractivity contribution in [3.63, 3.8) is 0 Å². The Kier molecular flexibility index (Phi) is 12.7. The molecule has 1 aliphatic heterocycles. The smallest absolute Gasteiger partial charge is 0.407 e. The Morgan fingerprint density at radius 2 is 1.79 bits per heavy atom. The number of H-pyrrole nitrogens is 2. The molecule has 3 amide bonds. The number of ether oxygens (including phenoxy) is 3. The molecule has 3 heterocycles. The molecule has 0 fully saturated rings. The summed E-state index contributed by atoms with van der Waals surface area (Å²) in [6.45, 7) is 17.4. The normalized spacial score (nSPS) is 14.7. The second-order valence-electron chi connectivity index (χ2n) is 15.2. The van der Waals surface area contributed by atoms with Crippen LogP contribution in [0.2, 0.25) is 0 Å². The van der Waals surface area contributed by atoms with Gasteiger partial charge in [-0.25, -0.2) is 14.8 Å². The zero-order chi connectivity index (χ0) is 41.0. The molecule has 0 bridgehead atoms. The minimum atomic E-state index is -0.967. The number of carbonyl (C=O) groups excluding carboxylic acids is 3. The first-order chi connectivity index (χ1) is 27.4. The van der Waals surface area contributed by atoms with Gasteiger partial charge in [0.25, 0.3) is 0 Å². The SMILES string of the molecule is C=C[C@H](NC(=O)OC)C(=O)N(Cc1ncc(-c2ccc3c(c2)COc2cc4c(ccc5nc([C@H](C)N(C(=O)[C@@H](C)CC)[C@@H](C)CC)[nH]c54)cc2-3)[nH]1)C[C@H](C)COC. The molecule has 6 rings (SSSR count). The highest BCUT2D eigenvalue weighted by molar-refractivity contribution is 6.07. The fourth-order valence-corrected chi connectivity index (χ4v) is 7.55. The van der Waals surface area contributed by atoms with Gasteiger partial charge in [0, 0.05) is 36.6 Å². The zero-order valence-electron chi connectivity index (χ0n) is 34.3. The molecule has 0 saturated carbocycles. The molecule has 302 valence electrons. The molecule has 0 radical (unpaired) electrons. The van der Waals surface area contributed by atoms with Gasteiger partial charge in [-0.05, 0) is 78.9 Å². The molecule has 0 saturated heterocycles. The standard InChI is InChI=1S/C44H55N7O6/c1-10-26(5)42(52)51(27(6)11-2)28(7)41-47-36-16-14-29-18-34-32-15-13-30(17-31(32)24-57-38(34)19-33(29)40(36)49-41)37-20-45-39(46-37)22-50(21-25(4)23-55-8)43(53)35(12-3)48-44(54)56-9/h12-20,25-28,35H,3,10-11,21-24H2,1-2,4-9H3,(H,45,46)(H,47,49)(H,48,54)/t25-,26-,27-,28-,35-/m0/s1. The number of nitrogens with zero attached hydrogens (tertiary/aromatic N) is 4. The first-order valence-electron chi connectivity index (χ1n) is 19.7. The van der Waals surface area contributed by atoms with Crippen LogP contribution in [0.3, 0.4) is 0 Å². The number of hydrogen-bond acceptors (Lipinski definition) is 8. The van der Waals surface area contributed by atoms with E-state index in [0.29, 0.717) is 25.6 Å². The van der Waals surface area contributed by atoms with Crippen LogP contribution in [0, 0.1) is 11.8 Å². The number of nitrogens with one attached hydrogen (secondary N) is 3. The van der Waals surface area contributed by atoms with Crippen LogP contribution < -0.4 is 10.1 Å². The number of aromatic nitrogens is 4. The predicted octanol–water partition coefficient (Wildman–Crippen LogP) is 7.92. The summed E-state index contributed by atoms with van der Waals surface area (Å²) in [5.41, 5.74) is 6.63. The molecule has 13 heteroatoms. The Balaban J connectivity index is 1.25. The van der Waals surface area contributed by atoms with Crippen molar-refractivity contribution in [1.82, 2.24) is 35.1 Å². The van der Waals surface area contributed by atoms with Gasteiger partial charge in [-0.3, -0.25) is 9.59 Å². The Morgan fingerprint density at radius 1 is 1.00 bits per heavy atom. The summed E-state index contributed by atoms with van der Waals surface area (Å²) in [6.07, 6.45) is 4.07. The van der Waals surface area contributed by atoms with Crippen LogP contribution >= 0.6 is 0 Å². The summed E-state index contributed by atoms with van der Waals surface area (Å²) in [6, 6.07) is 13.6. The molecule has 2 aromatic heterocycles. The van der Waals surface area contributed by atoms with E-state index >= 15 is 0 Å². The van der Waals surface area contributed by atoms with Crippen molar-refractivity contribution >= 4 is 39.7 Å². The lowest BCUT2D eigenvalue weighted by Gasteiger charge is -2.35. The van der Waals surface area contributed by atoms with Crippen LogP contribution in [-0.4, -0.2) is 87.1 Å². The lowest BCUT2D eigenvalue weighted by Crippen LogP contribution is -2.48. The van der Waals surface area contributed by atoms with Crippen LogP contribution in [0.1, 0.15) is 77.6 Å². The fraction of sp³-hybridized carbons (Fsp3) is 0.432. The fourth-order valence-electron chi connectivity index (χ4n) is 7.55. The Hall–Kier alpha value is -5.69. The van der Waals surface area contributed by atoms with Gasteiger partial charge in [0.05, 0.1) is 49.2 Å². The highest BCUT2D eigenvalue weighted by Gasteiger charge is 2.31. The molecule has 0 unspecified atom stereocenters. The van der Waals surface area contributed by atoms with E-state index in [2.05, 4.69) is 84.0 Å². The number of hydrogen-bond donors (Lipinski definition) is 3. The van der Waals surface area contributed by atoms with E-state index in [1.807, 2.05) is 31.7 Å².